The smallest absolute Gasteiger partial charge is 0.0797 e. The summed E-state index contributed by atoms with van der Waals surface area (Å²) in [5.41, 5.74) is -0.652. The standard InChI is InChI=1S/C15H30O/c1-4-6-7-8-9-10-11-12-13-14-15(3,16)5-2/h5,16H,2,4,6-14H2,1,3H3/t15-/m0/s1. The summed E-state index contributed by atoms with van der Waals surface area (Å²) in [5.74, 6) is 0. The molecule has 0 aromatic carbocycles. The van der Waals surface area contributed by atoms with Gasteiger partial charge < -0.3 is 5.11 Å². The second-order valence-electron chi connectivity index (χ2n) is 5.14. The maximum absolute atomic E-state index is 9.70. The summed E-state index contributed by atoms with van der Waals surface area (Å²) in [5, 5.41) is 9.70. The van der Waals surface area contributed by atoms with E-state index < -0.39 is 5.60 Å². The molecule has 1 heteroatoms. The minimum Gasteiger partial charge on any atom is -0.386 e. The molecule has 1 atom stereocenters. The second-order valence-corrected chi connectivity index (χ2v) is 5.14. The lowest BCUT2D eigenvalue weighted by Crippen LogP contribution is -2.19. The third kappa shape index (κ3) is 10.2. The highest BCUT2D eigenvalue weighted by molar-refractivity contribution is 4.91. The van der Waals surface area contributed by atoms with Crippen LogP contribution in [0.2, 0.25) is 0 Å². The molecule has 0 bridgehead atoms. The van der Waals surface area contributed by atoms with Crippen molar-refractivity contribution in [1.29, 1.82) is 0 Å². The Labute approximate surface area is 102 Å². The van der Waals surface area contributed by atoms with E-state index in [0.29, 0.717) is 0 Å². The molecule has 1 N–H and O–H groups in total. The van der Waals surface area contributed by atoms with Gasteiger partial charge in [0.2, 0.25) is 0 Å². The molecule has 96 valence electrons. The maximum atomic E-state index is 9.70. The Morgan fingerprint density at radius 3 is 1.81 bits per heavy atom. The van der Waals surface area contributed by atoms with Crippen LogP contribution in [0.25, 0.3) is 0 Å². The first-order valence-corrected chi connectivity index (χ1v) is 6.98. The van der Waals surface area contributed by atoms with E-state index >= 15 is 0 Å². The lowest BCUT2D eigenvalue weighted by Gasteiger charge is -2.17. The van der Waals surface area contributed by atoms with Crippen molar-refractivity contribution in [2.75, 3.05) is 0 Å². The Morgan fingerprint density at radius 1 is 0.938 bits per heavy atom. The Morgan fingerprint density at radius 2 is 1.38 bits per heavy atom. The van der Waals surface area contributed by atoms with E-state index in [2.05, 4.69) is 13.5 Å². The van der Waals surface area contributed by atoms with Crippen LogP contribution in [0.3, 0.4) is 0 Å². The summed E-state index contributed by atoms with van der Waals surface area (Å²) < 4.78 is 0. The summed E-state index contributed by atoms with van der Waals surface area (Å²) >= 11 is 0. The van der Waals surface area contributed by atoms with Crippen molar-refractivity contribution < 1.29 is 5.11 Å². The molecular formula is C15H30O. The molecule has 0 heterocycles. The molecule has 0 amide bonds. The summed E-state index contributed by atoms with van der Waals surface area (Å²) in [7, 11) is 0. The fraction of sp³-hybridized carbons (Fsp3) is 0.867. The highest BCUT2D eigenvalue weighted by Crippen LogP contribution is 2.16. The van der Waals surface area contributed by atoms with Crippen LogP contribution in [-0.2, 0) is 0 Å². The van der Waals surface area contributed by atoms with Gasteiger partial charge in [0.25, 0.3) is 0 Å². The van der Waals surface area contributed by atoms with Gasteiger partial charge in [-0.1, -0.05) is 70.8 Å². The maximum Gasteiger partial charge on any atom is 0.0797 e. The summed E-state index contributed by atoms with van der Waals surface area (Å²) in [4.78, 5) is 0. The zero-order chi connectivity index (χ0) is 12.3. The molecule has 0 aliphatic rings. The second kappa shape index (κ2) is 9.89. The Bertz CT molecular complexity index is 161. The van der Waals surface area contributed by atoms with Crippen molar-refractivity contribution in [3.8, 4) is 0 Å². The molecule has 0 aliphatic carbocycles. The van der Waals surface area contributed by atoms with E-state index in [1.165, 1.54) is 51.4 Å². The van der Waals surface area contributed by atoms with Crippen molar-refractivity contribution in [2.45, 2.75) is 83.7 Å². The average molecular weight is 226 g/mol. The number of rotatable bonds is 11. The SMILES string of the molecule is C=C[C@](C)(O)CCCCCCCCCCC. The Hall–Kier alpha value is -0.300. The minimum atomic E-state index is -0.652. The number of hydrogen-bond acceptors (Lipinski definition) is 1. The fourth-order valence-corrected chi connectivity index (χ4v) is 1.90. The molecule has 0 radical (unpaired) electrons. The van der Waals surface area contributed by atoms with Gasteiger partial charge in [0.1, 0.15) is 0 Å². The normalized spacial score (nSPS) is 14.7. The van der Waals surface area contributed by atoms with Crippen LogP contribution in [0.4, 0.5) is 0 Å². The molecule has 0 unspecified atom stereocenters. The highest BCUT2D eigenvalue weighted by Gasteiger charge is 2.13. The zero-order valence-corrected chi connectivity index (χ0v) is 11.3. The molecule has 0 aromatic heterocycles. The van der Waals surface area contributed by atoms with Gasteiger partial charge in [-0.15, -0.1) is 6.58 Å². The van der Waals surface area contributed by atoms with Crippen LogP contribution in [0.1, 0.15) is 78.1 Å². The Balaban J connectivity index is 3.13. The van der Waals surface area contributed by atoms with Gasteiger partial charge in [0.05, 0.1) is 5.60 Å². The molecule has 0 fully saturated rings. The van der Waals surface area contributed by atoms with Crippen LogP contribution in [0.5, 0.6) is 0 Å². The van der Waals surface area contributed by atoms with E-state index in [1.807, 2.05) is 6.92 Å². The number of aliphatic hydroxyl groups is 1. The third-order valence-electron chi connectivity index (χ3n) is 3.23. The monoisotopic (exact) mass is 226 g/mol. The number of hydrogen-bond donors (Lipinski definition) is 1. The lowest BCUT2D eigenvalue weighted by atomic mass is 9.98. The van der Waals surface area contributed by atoms with E-state index in [-0.39, 0.29) is 0 Å². The summed E-state index contributed by atoms with van der Waals surface area (Å²) in [6.45, 7) is 7.73. The van der Waals surface area contributed by atoms with Crippen LogP contribution in [0.15, 0.2) is 12.7 Å². The quantitative estimate of drug-likeness (QED) is 0.394. The van der Waals surface area contributed by atoms with E-state index in [4.69, 9.17) is 0 Å². The van der Waals surface area contributed by atoms with Crippen LogP contribution in [0, 0.1) is 0 Å². The van der Waals surface area contributed by atoms with Gasteiger partial charge in [-0.05, 0) is 13.3 Å². The predicted octanol–water partition coefficient (Wildman–Crippen LogP) is 4.84. The van der Waals surface area contributed by atoms with Crippen molar-refractivity contribution in [3.05, 3.63) is 12.7 Å². The Kier molecular flexibility index (Phi) is 9.71. The molecule has 1 nitrogen and oxygen atoms in total. The molecular weight excluding hydrogens is 196 g/mol. The molecule has 0 saturated carbocycles. The summed E-state index contributed by atoms with van der Waals surface area (Å²) in [6, 6.07) is 0. The zero-order valence-electron chi connectivity index (χ0n) is 11.3. The largest absolute Gasteiger partial charge is 0.386 e. The van der Waals surface area contributed by atoms with Gasteiger partial charge in [0.15, 0.2) is 0 Å². The fourth-order valence-electron chi connectivity index (χ4n) is 1.90. The first-order valence-electron chi connectivity index (χ1n) is 6.98. The third-order valence-corrected chi connectivity index (χ3v) is 3.23. The van der Waals surface area contributed by atoms with Gasteiger partial charge in [-0.3, -0.25) is 0 Å². The summed E-state index contributed by atoms with van der Waals surface area (Å²) in [6.07, 6.45) is 14.5. The molecule has 0 rings (SSSR count). The first-order chi connectivity index (χ1) is 7.62. The van der Waals surface area contributed by atoms with Crippen molar-refractivity contribution >= 4 is 0 Å². The van der Waals surface area contributed by atoms with Crippen molar-refractivity contribution in [2.24, 2.45) is 0 Å². The van der Waals surface area contributed by atoms with E-state index in [0.717, 1.165) is 12.8 Å². The van der Waals surface area contributed by atoms with Crippen molar-refractivity contribution in [3.63, 3.8) is 0 Å². The van der Waals surface area contributed by atoms with E-state index in [9.17, 15) is 5.11 Å². The molecule has 0 aromatic rings. The minimum absolute atomic E-state index is 0.652. The molecule has 0 spiro atoms. The van der Waals surface area contributed by atoms with Crippen LogP contribution < -0.4 is 0 Å². The van der Waals surface area contributed by atoms with Gasteiger partial charge in [-0.25, -0.2) is 0 Å². The lowest BCUT2D eigenvalue weighted by molar-refractivity contribution is 0.0988. The van der Waals surface area contributed by atoms with Gasteiger partial charge in [0, 0.05) is 0 Å². The average Bonchev–Trinajstić information content (AvgIpc) is 2.27. The number of unbranched alkanes of at least 4 members (excludes halogenated alkanes) is 8. The van der Waals surface area contributed by atoms with Gasteiger partial charge in [-0.2, -0.15) is 0 Å². The predicted molar refractivity (Wildman–Crippen MR) is 72.7 cm³/mol. The van der Waals surface area contributed by atoms with Crippen molar-refractivity contribution in [1.82, 2.24) is 0 Å². The molecule has 0 aliphatic heterocycles. The van der Waals surface area contributed by atoms with Crippen LogP contribution in [-0.4, -0.2) is 10.7 Å². The topological polar surface area (TPSA) is 20.2 Å². The molecule has 16 heavy (non-hydrogen) atoms. The van der Waals surface area contributed by atoms with Gasteiger partial charge >= 0.3 is 0 Å². The van der Waals surface area contributed by atoms with E-state index in [1.54, 1.807) is 6.08 Å². The first kappa shape index (κ1) is 15.7. The van der Waals surface area contributed by atoms with Crippen LogP contribution >= 0.6 is 0 Å². The molecule has 0 saturated heterocycles. The highest BCUT2D eigenvalue weighted by atomic mass is 16.3.